The lowest BCUT2D eigenvalue weighted by molar-refractivity contribution is -0.686. The third-order valence-corrected chi connectivity index (χ3v) is 5.10. The van der Waals surface area contributed by atoms with Gasteiger partial charge in [-0.05, 0) is 54.1 Å². The lowest BCUT2D eigenvalue weighted by atomic mass is 9.92. The van der Waals surface area contributed by atoms with Gasteiger partial charge in [-0.15, -0.1) is 0 Å². The maximum atomic E-state index is 5.46. The highest BCUT2D eigenvalue weighted by atomic mass is 35.5. The van der Waals surface area contributed by atoms with Crippen molar-refractivity contribution in [2.45, 2.75) is 26.8 Å². The molecule has 2 heterocycles. The first kappa shape index (κ1) is 17.6. The molecule has 0 saturated carbocycles. The number of ether oxygens (including phenoxy) is 2. The molecule has 0 N–H and O–H groups in total. The monoisotopic (exact) mass is 355 g/mol. The Bertz CT molecular complexity index is 966. The number of pyridine rings is 1. The molecule has 1 aliphatic heterocycles. The Labute approximate surface area is 154 Å². The molecule has 130 valence electrons. The van der Waals surface area contributed by atoms with E-state index in [-0.39, 0.29) is 12.4 Å². The summed E-state index contributed by atoms with van der Waals surface area (Å²) in [4.78, 5) is 0. The molecule has 4 rings (SSSR count). The van der Waals surface area contributed by atoms with E-state index in [1.165, 1.54) is 38.7 Å². The van der Waals surface area contributed by atoms with E-state index in [0.717, 1.165) is 24.5 Å². The Morgan fingerprint density at radius 3 is 2.16 bits per heavy atom. The third-order valence-electron chi connectivity index (χ3n) is 5.10. The summed E-state index contributed by atoms with van der Waals surface area (Å²) >= 11 is 0. The van der Waals surface area contributed by atoms with Gasteiger partial charge in [-0.2, -0.15) is 4.57 Å². The van der Waals surface area contributed by atoms with Gasteiger partial charge in [0.2, 0.25) is 5.69 Å². The van der Waals surface area contributed by atoms with Crippen LogP contribution in [0.2, 0.25) is 0 Å². The summed E-state index contributed by atoms with van der Waals surface area (Å²) in [6, 6.07) is 11.0. The van der Waals surface area contributed by atoms with Crippen LogP contribution in [0.5, 0.6) is 11.5 Å². The van der Waals surface area contributed by atoms with Crippen LogP contribution in [0, 0.1) is 13.8 Å². The predicted molar refractivity (Wildman–Crippen MR) is 95.9 cm³/mol. The lowest BCUT2D eigenvalue weighted by Gasteiger charge is -2.18. The topological polar surface area (TPSA) is 22.3 Å². The largest absolute Gasteiger partial charge is 1.00 e. The molecule has 0 radical (unpaired) electrons. The highest BCUT2D eigenvalue weighted by Crippen LogP contribution is 2.35. The summed E-state index contributed by atoms with van der Waals surface area (Å²) in [7, 11) is 3.36. The van der Waals surface area contributed by atoms with Crippen molar-refractivity contribution in [1.82, 2.24) is 0 Å². The van der Waals surface area contributed by atoms with Gasteiger partial charge >= 0.3 is 0 Å². The van der Waals surface area contributed by atoms with Crippen LogP contribution < -0.4 is 26.4 Å². The van der Waals surface area contributed by atoms with E-state index in [4.69, 9.17) is 9.47 Å². The van der Waals surface area contributed by atoms with E-state index in [2.05, 4.69) is 54.9 Å². The molecule has 2 aromatic carbocycles. The summed E-state index contributed by atoms with van der Waals surface area (Å²) in [6.45, 7) is 5.38. The van der Waals surface area contributed by atoms with Gasteiger partial charge < -0.3 is 21.9 Å². The van der Waals surface area contributed by atoms with Crippen LogP contribution in [0.15, 0.2) is 36.5 Å². The van der Waals surface area contributed by atoms with Gasteiger partial charge in [-0.3, -0.25) is 0 Å². The van der Waals surface area contributed by atoms with Gasteiger partial charge in [-0.1, -0.05) is 6.07 Å². The molecule has 3 aromatic rings. The van der Waals surface area contributed by atoms with Crippen molar-refractivity contribution in [2.75, 3.05) is 14.2 Å². The standard InChI is InChI=1S/C21H22NO2.ClH/c1-13-7-15-5-6-22-12-17-11-21(24-4)20(23-3)10-16(17)9-19(22)18(15)8-14(13)2;/h7-12H,5-6H2,1-4H3;1H/q+1;/p-1. The van der Waals surface area contributed by atoms with Gasteiger partial charge in [0.25, 0.3) is 0 Å². The molecule has 0 unspecified atom stereocenters. The molecule has 0 amide bonds. The van der Waals surface area contributed by atoms with Crippen molar-refractivity contribution >= 4 is 10.8 Å². The molecule has 0 spiro atoms. The number of hydrogen-bond acceptors (Lipinski definition) is 2. The van der Waals surface area contributed by atoms with Crippen LogP contribution in [-0.4, -0.2) is 14.2 Å². The van der Waals surface area contributed by atoms with E-state index < -0.39 is 0 Å². The second-order valence-electron chi connectivity index (χ2n) is 6.53. The van der Waals surface area contributed by atoms with E-state index in [0.29, 0.717) is 0 Å². The first-order valence-electron chi connectivity index (χ1n) is 8.30. The third kappa shape index (κ3) is 2.83. The Morgan fingerprint density at radius 2 is 1.48 bits per heavy atom. The molecule has 0 saturated heterocycles. The summed E-state index contributed by atoms with van der Waals surface area (Å²) < 4.78 is 13.3. The molecule has 1 aliphatic rings. The SMILES string of the molecule is COc1cc2cc3[n+](cc2cc1OC)CCc1cc(C)c(C)cc1-3.[Cl-]. The molecule has 0 fully saturated rings. The van der Waals surface area contributed by atoms with E-state index in [1.54, 1.807) is 14.2 Å². The van der Waals surface area contributed by atoms with Crippen molar-refractivity contribution < 1.29 is 26.4 Å². The van der Waals surface area contributed by atoms with E-state index in [1.807, 2.05) is 0 Å². The number of aryl methyl sites for hydroxylation is 4. The van der Waals surface area contributed by atoms with Crippen LogP contribution in [0.25, 0.3) is 22.0 Å². The van der Waals surface area contributed by atoms with Gasteiger partial charge in [0.1, 0.15) is 0 Å². The van der Waals surface area contributed by atoms with Crippen LogP contribution in [0.3, 0.4) is 0 Å². The number of rotatable bonds is 2. The fourth-order valence-corrected chi connectivity index (χ4v) is 3.59. The van der Waals surface area contributed by atoms with Gasteiger partial charge in [0.15, 0.2) is 24.2 Å². The molecule has 25 heavy (non-hydrogen) atoms. The summed E-state index contributed by atoms with van der Waals surface area (Å²) in [6.07, 6.45) is 3.30. The van der Waals surface area contributed by atoms with Gasteiger partial charge in [-0.25, -0.2) is 0 Å². The van der Waals surface area contributed by atoms with Crippen molar-refractivity contribution in [3.63, 3.8) is 0 Å². The number of nitrogens with zero attached hydrogens (tertiary/aromatic N) is 1. The maximum Gasteiger partial charge on any atom is 0.213 e. The number of halogens is 1. The van der Waals surface area contributed by atoms with E-state index in [9.17, 15) is 0 Å². The summed E-state index contributed by atoms with van der Waals surface area (Å²) in [5.41, 5.74) is 6.78. The highest BCUT2D eigenvalue weighted by Gasteiger charge is 2.24. The zero-order chi connectivity index (χ0) is 16.8. The van der Waals surface area contributed by atoms with Crippen LogP contribution in [-0.2, 0) is 13.0 Å². The molecule has 0 atom stereocenters. The zero-order valence-corrected chi connectivity index (χ0v) is 15.8. The minimum atomic E-state index is 0. The first-order chi connectivity index (χ1) is 11.6. The lowest BCUT2D eigenvalue weighted by Crippen LogP contribution is -3.00. The Hall–Kier alpha value is -2.26. The molecule has 3 nitrogen and oxygen atoms in total. The average molecular weight is 356 g/mol. The summed E-state index contributed by atoms with van der Waals surface area (Å²) in [5.74, 6) is 1.54. The fourth-order valence-electron chi connectivity index (χ4n) is 3.59. The second-order valence-corrected chi connectivity index (χ2v) is 6.53. The molecular weight excluding hydrogens is 334 g/mol. The van der Waals surface area contributed by atoms with Crippen molar-refractivity contribution in [3.05, 3.63) is 53.2 Å². The zero-order valence-electron chi connectivity index (χ0n) is 15.0. The van der Waals surface area contributed by atoms with Crippen molar-refractivity contribution in [1.29, 1.82) is 0 Å². The Balaban J connectivity index is 0.00000182. The normalized spacial score (nSPS) is 12.2. The average Bonchev–Trinajstić information content (AvgIpc) is 2.60. The molecule has 0 bridgehead atoms. The quantitative estimate of drug-likeness (QED) is 0.640. The fraction of sp³-hybridized carbons (Fsp3) is 0.286. The minimum absolute atomic E-state index is 0. The molecular formula is C21H22ClNO2. The predicted octanol–water partition coefficient (Wildman–Crippen LogP) is 0.988. The maximum absolute atomic E-state index is 5.46. The molecule has 0 aliphatic carbocycles. The number of methoxy groups -OCH3 is 2. The molecule has 1 aromatic heterocycles. The number of aromatic nitrogens is 1. The number of fused-ring (bicyclic) bond motifs is 4. The second kappa shape index (κ2) is 6.57. The van der Waals surface area contributed by atoms with Crippen LogP contribution >= 0.6 is 0 Å². The van der Waals surface area contributed by atoms with Crippen LogP contribution in [0.4, 0.5) is 0 Å². The molecule has 4 heteroatoms. The minimum Gasteiger partial charge on any atom is -1.00 e. The first-order valence-corrected chi connectivity index (χ1v) is 8.30. The van der Waals surface area contributed by atoms with Gasteiger partial charge in [0.05, 0.1) is 14.2 Å². The highest BCUT2D eigenvalue weighted by molar-refractivity contribution is 5.87. The Morgan fingerprint density at radius 1 is 0.840 bits per heavy atom. The smallest absolute Gasteiger partial charge is 0.213 e. The van der Waals surface area contributed by atoms with Crippen molar-refractivity contribution in [2.24, 2.45) is 0 Å². The van der Waals surface area contributed by atoms with E-state index >= 15 is 0 Å². The summed E-state index contributed by atoms with van der Waals surface area (Å²) in [5, 5.41) is 2.34. The van der Waals surface area contributed by atoms with Gasteiger partial charge in [0, 0.05) is 23.4 Å². The Kier molecular flexibility index (Phi) is 4.61. The number of benzene rings is 2. The van der Waals surface area contributed by atoms with Crippen molar-refractivity contribution in [3.8, 4) is 22.8 Å². The number of hydrogen-bond donors (Lipinski definition) is 0. The van der Waals surface area contributed by atoms with Crippen LogP contribution in [0.1, 0.15) is 16.7 Å².